The molecular formula is C13H29N3. The first kappa shape index (κ1) is 13.9. The topological polar surface area (TPSA) is 32.5 Å². The van der Waals surface area contributed by atoms with Crippen molar-refractivity contribution < 1.29 is 0 Å². The van der Waals surface area contributed by atoms with Gasteiger partial charge in [0.05, 0.1) is 0 Å². The lowest BCUT2D eigenvalue weighted by molar-refractivity contribution is 0.163. The minimum atomic E-state index is 0.749. The quantitative estimate of drug-likeness (QED) is 0.713. The van der Waals surface area contributed by atoms with Crippen LogP contribution in [0, 0.1) is 5.92 Å². The van der Waals surface area contributed by atoms with Crippen molar-refractivity contribution in [2.45, 2.75) is 38.6 Å². The molecule has 0 amide bonds. The summed E-state index contributed by atoms with van der Waals surface area (Å²) in [7, 11) is 4.29. The second-order valence-corrected chi connectivity index (χ2v) is 5.28. The van der Waals surface area contributed by atoms with Crippen LogP contribution in [-0.4, -0.2) is 56.1 Å². The van der Waals surface area contributed by atoms with Gasteiger partial charge in [-0.15, -0.1) is 0 Å². The van der Waals surface area contributed by atoms with E-state index in [9.17, 15) is 0 Å². The highest BCUT2D eigenvalue weighted by Gasteiger charge is 2.29. The Morgan fingerprint density at radius 3 is 2.50 bits per heavy atom. The summed E-state index contributed by atoms with van der Waals surface area (Å²) in [5, 5.41) is 0. The molecule has 0 bridgehead atoms. The third-order valence-corrected chi connectivity index (χ3v) is 3.85. The van der Waals surface area contributed by atoms with E-state index >= 15 is 0 Å². The highest BCUT2D eigenvalue weighted by Crippen LogP contribution is 2.29. The summed E-state index contributed by atoms with van der Waals surface area (Å²) >= 11 is 0. The first-order valence-electron chi connectivity index (χ1n) is 6.77. The van der Waals surface area contributed by atoms with Crippen molar-refractivity contribution in [2.75, 3.05) is 40.3 Å². The van der Waals surface area contributed by atoms with Crippen molar-refractivity contribution in [1.82, 2.24) is 9.80 Å². The zero-order valence-corrected chi connectivity index (χ0v) is 11.3. The van der Waals surface area contributed by atoms with Gasteiger partial charge in [0.2, 0.25) is 0 Å². The van der Waals surface area contributed by atoms with Gasteiger partial charge < -0.3 is 15.5 Å². The highest BCUT2D eigenvalue weighted by molar-refractivity contribution is 4.85. The van der Waals surface area contributed by atoms with Crippen molar-refractivity contribution in [3.05, 3.63) is 0 Å². The number of hydrogen-bond donors (Lipinski definition) is 1. The first-order valence-corrected chi connectivity index (χ1v) is 6.77. The predicted octanol–water partition coefficient (Wildman–Crippen LogP) is 1.39. The Bertz CT molecular complexity index is 182. The molecular weight excluding hydrogens is 198 g/mol. The van der Waals surface area contributed by atoms with Gasteiger partial charge >= 0.3 is 0 Å². The summed E-state index contributed by atoms with van der Waals surface area (Å²) in [6.45, 7) is 6.75. The van der Waals surface area contributed by atoms with Crippen LogP contribution < -0.4 is 5.73 Å². The van der Waals surface area contributed by atoms with Gasteiger partial charge in [-0.2, -0.15) is 0 Å². The molecule has 1 aliphatic rings. The molecule has 96 valence electrons. The third kappa shape index (κ3) is 4.04. The average Bonchev–Trinajstić information content (AvgIpc) is 2.72. The van der Waals surface area contributed by atoms with Crippen LogP contribution in [0.5, 0.6) is 0 Å². The normalized spacial score (nSPS) is 25.9. The first-order chi connectivity index (χ1) is 7.69. The van der Waals surface area contributed by atoms with E-state index in [1.54, 1.807) is 0 Å². The summed E-state index contributed by atoms with van der Waals surface area (Å²) in [6.07, 6.45) is 5.34. The maximum Gasteiger partial charge on any atom is 0.0135 e. The van der Waals surface area contributed by atoms with E-state index in [0.717, 1.165) is 18.5 Å². The van der Waals surface area contributed by atoms with E-state index in [0.29, 0.717) is 0 Å². The summed E-state index contributed by atoms with van der Waals surface area (Å²) in [4.78, 5) is 4.91. The van der Waals surface area contributed by atoms with Crippen LogP contribution in [0.15, 0.2) is 0 Å². The standard InChI is InChI=1S/C13H29N3/c1-4-16(10-6-9-15(2)3)13-8-5-7-12(13)11-14/h12-13H,4-11,14H2,1-3H3. The van der Waals surface area contributed by atoms with E-state index < -0.39 is 0 Å². The van der Waals surface area contributed by atoms with Crippen LogP contribution in [0.3, 0.4) is 0 Å². The molecule has 0 heterocycles. The third-order valence-electron chi connectivity index (χ3n) is 3.85. The number of hydrogen-bond acceptors (Lipinski definition) is 3. The molecule has 1 fully saturated rings. The Labute approximate surface area is 101 Å². The van der Waals surface area contributed by atoms with Crippen LogP contribution in [0.2, 0.25) is 0 Å². The molecule has 1 rings (SSSR count). The Kier molecular flexibility index (Phi) is 6.32. The average molecular weight is 227 g/mol. The second kappa shape index (κ2) is 7.25. The smallest absolute Gasteiger partial charge is 0.0135 e. The molecule has 1 saturated carbocycles. The van der Waals surface area contributed by atoms with Gasteiger partial charge in [-0.05, 0) is 65.5 Å². The lowest BCUT2D eigenvalue weighted by Crippen LogP contribution is -2.41. The fourth-order valence-electron chi connectivity index (χ4n) is 2.92. The van der Waals surface area contributed by atoms with Crippen molar-refractivity contribution in [1.29, 1.82) is 0 Å². The van der Waals surface area contributed by atoms with Gasteiger partial charge in [-0.25, -0.2) is 0 Å². The molecule has 0 aliphatic heterocycles. The van der Waals surface area contributed by atoms with Crippen molar-refractivity contribution >= 4 is 0 Å². The Hall–Kier alpha value is -0.120. The van der Waals surface area contributed by atoms with E-state index in [1.165, 1.54) is 45.3 Å². The highest BCUT2D eigenvalue weighted by atomic mass is 15.2. The lowest BCUT2D eigenvalue weighted by Gasteiger charge is -2.32. The van der Waals surface area contributed by atoms with Gasteiger partial charge in [0, 0.05) is 6.04 Å². The van der Waals surface area contributed by atoms with Crippen LogP contribution in [0.25, 0.3) is 0 Å². The molecule has 0 radical (unpaired) electrons. The summed E-state index contributed by atoms with van der Waals surface area (Å²) in [5.41, 5.74) is 5.86. The molecule has 2 atom stereocenters. The van der Waals surface area contributed by atoms with Gasteiger partial charge in [0.25, 0.3) is 0 Å². The fourth-order valence-corrected chi connectivity index (χ4v) is 2.92. The van der Waals surface area contributed by atoms with Crippen LogP contribution in [0.1, 0.15) is 32.6 Å². The Balaban J connectivity index is 2.34. The largest absolute Gasteiger partial charge is 0.330 e. The zero-order chi connectivity index (χ0) is 12.0. The van der Waals surface area contributed by atoms with E-state index in [1.807, 2.05) is 0 Å². The molecule has 0 aromatic heterocycles. The van der Waals surface area contributed by atoms with E-state index in [2.05, 4.69) is 30.8 Å². The number of nitrogens with two attached hydrogens (primary N) is 1. The van der Waals surface area contributed by atoms with Crippen molar-refractivity contribution in [3.8, 4) is 0 Å². The Morgan fingerprint density at radius 2 is 1.94 bits per heavy atom. The van der Waals surface area contributed by atoms with Crippen molar-refractivity contribution in [2.24, 2.45) is 11.7 Å². The Morgan fingerprint density at radius 1 is 1.19 bits per heavy atom. The molecule has 0 spiro atoms. The van der Waals surface area contributed by atoms with Gasteiger partial charge in [-0.1, -0.05) is 13.3 Å². The predicted molar refractivity (Wildman–Crippen MR) is 70.6 cm³/mol. The summed E-state index contributed by atoms with van der Waals surface area (Å²) in [6, 6.07) is 0.761. The molecule has 0 aromatic rings. The molecule has 2 unspecified atom stereocenters. The second-order valence-electron chi connectivity index (χ2n) is 5.28. The maximum atomic E-state index is 5.86. The SMILES string of the molecule is CCN(CCCN(C)C)C1CCCC1CN. The number of nitrogens with zero attached hydrogens (tertiary/aromatic N) is 2. The van der Waals surface area contributed by atoms with E-state index in [4.69, 9.17) is 5.73 Å². The molecule has 0 saturated heterocycles. The fraction of sp³-hybridized carbons (Fsp3) is 1.00. The molecule has 3 nitrogen and oxygen atoms in total. The minimum absolute atomic E-state index is 0.749. The van der Waals surface area contributed by atoms with Gasteiger partial charge in [0.15, 0.2) is 0 Å². The van der Waals surface area contributed by atoms with Gasteiger partial charge in [-0.3, -0.25) is 0 Å². The van der Waals surface area contributed by atoms with Crippen LogP contribution in [0.4, 0.5) is 0 Å². The molecule has 2 N–H and O–H groups in total. The maximum absolute atomic E-state index is 5.86. The number of rotatable bonds is 7. The lowest BCUT2D eigenvalue weighted by atomic mass is 10.0. The van der Waals surface area contributed by atoms with Crippen molar-refractivity contribution in [3.63, 3.8) is 0 Å². The zero-order valence-electron chi connectivity index (χ0n) is 11.3. The van der Waals surface area contributed by atoms with E-state index in [-0.39, 0.29) is 0 Å². The molecule has 1 aliphatic carbocycles. The minimum Gasteiger partial charge on any atom is -0.330 e. The summed E-state index contributed by atoms with van der Waals surface area (Å²) < 4.78 is 0. The summed E-state index contributed by atoms with van der Waals surface area (Å²) in [5.74, 6) is 0.749. The molecule has 3 heteroatoms. The van der Waals surface area contributed by atoms with Crippen LogP contribution in [-0.2, 0) is 0 Å². The van der Waals surface area contributed by atoms with Crippen LogP contribution >= 0.6 is 0 Å². The molecule has 16 heavy (non-hydrogen) atoms. The van der Waals surface area contributed by atoms with Gasteiger partial charge in [0.1, 0.15) is 0 Å². The molecule has 0 aromatic carbocycles. The monoisotopic (exact) mass is 227 g/mol.